The number of hydrogen-bond acceptors (Lipinski definition) is 4. The molecule has 0 radical (unpaired) electrons. The van der Waals surface area contributed by atoms with Gasteiger partial charge in [-0.2, -0.15) is 0 Å². The lowest BCUT2D eigenvalue weighted by Gasteiger charge is -2.33. The van der Waals surface area contributed by atoms with Gasteiger partial charge in [-0.05, 0) is 30.7 Å². The molecule has 2 aromatic rings. The molecule has 0 spiro atoms. The van der Waals surface area contributed by atoms with Gasteiger partial charge in [0.25, 0.3) is 5.91 Å². The highest BCUT2D eigenvalue weighted by molar-refractivity contribution is 6.22. The Morgan fingerprint density at radius 2 is 1.70 bits per heavy atom. The van der Waals surface area contributed by atoms with Crippen molar-refractivity contribution < 1.29 is 19.1 Å². The van der Waals surface area contributed by atoms with Gasteiger partial charge in [0.2, 0.25) is 5.91 Å². The van der Waals surface area contributed by atoms with E-state index in [1.165, 1.54) is 0 Å². The van der Waals surface area contributed by atoms with Gasteiger partial charge >= 0.3 is 6.03 Å². The van der Waals surface area contributed by atoms with Crippen LogP contribution in [0.4, 0.5) is 10.5 Å². The van der Waals surface area contributed by atoms with Crippen molar-refractivity contribution in [1.29, 1.82) is 0 Å². The Labute approximate surface area is 175 Å². The number of urea groups is 1. The third kappa shape index (κ3) is 4.15. The summed E-state index contributed by atoms with van der Waals surface area (Å²) in [7, 11) is 0. The van der Waals surface area contributed by atoms with E-state index in [-0.39, 0.29) is 18.4 Å². The van der Waals surface area contributed by atoms with Crippen molar-refractivity contribution >= 4 is 23.5 Å². The van der Waals surface area contributed by atoms with Crippen molar-refractivity contribution in [3.8, 4) is 5.75 Å². The molecule has 0 saturated carbocycles. The molecule has 2 aliphatic heterocycles. The molecule has 2 fully saturated rings. The molecule has 0 aliphatic carbocycles. The fourth-order valence-electron chi connectivity index (χ4n) is 3.89. The Morgan fingerprint density at radius 1 is 1.03 bits per heavy atom. The number of likely N-dealkylation sites (tertiary alicyclic amines) is 1. The predicted octanol–water partition coefficient (Wildman–Crippen LogP) is 2.88. The maximum Gasteiger partial charge on any atom is 0.329 e. The number of rotatable bonds is 5. The van der Waals surface area contributed by atoms with Crippen LogP contribution in [0.25, 0.3) is 0 Å². The van der Waals surface area contributed by atoms with Gasteiger partial charge < -0.3 is 15.0 Å². The minimum absolute atomic E-state index is 0.0305. The van der Waals surface area contributed by atoms with Crippen molar-refractivity contribution in [2.24, 2.45) is 0 Å². The third-order valence-corrected chi connectivity index (χ3v) is 5.59. The minimum Gasteiger partial charge on any atom is -0.490 e. The van der Waals surface area contributed by atoms with Gasteiger partial charge in [0.1, 0.15) is 17.9 Å². The standard InChI is InChI=1S/C23H25N3O4/c1-16-7-5-6-10-20(16)30-18-11-13-25(14-12-18)21(27)15-19-22(28)26(23(29)24-19)17-8-3-2-4-9-17/h2-10,18-19H,11-15H2,1H3,(H,24,29). The summed E-state index contributed by atoms with van der Waals surface area (Å²) < 4.78 is 6.09. The number of aryl methyl sites for hydroxylation is 1. The molecule has 4 amide bonds. The van der Waals surface area contributed by atoms with Gasteiger partial charge in [-0.25, -0.2) is 9.69 Å². The Morgan fingerprint density at radius 3 is 2.40 bits per heavy atom. The second kappa shape index (κ2) is 8.57. The molecule has 156 valence electrons. The zero-order valence-electron chi connectivity index (χ0n) is 16.9. The number of benzene rings is 2. The number of anilines is 1. The van der Waals surface area contributed by atoms with E-state index >= 15 is 0 Å². The summed E-state index contributed by atoms with van der Waals surface area (Å²) in [4.78, 5) is 40.5. The van der Waals surface area contributed by atoms with Crippen LogP contribution < -0.4 is 15.0 Å². The molecule has 0 aromatic heterocycles. The number of imide groups is 1. The van der Waals surface area contributed by atoms with Crippen LogP contribution in [0.2, 0.25) is 0 Å². The summed E-state index contributed by atoms with van der Waals surface area (Å²) in [6, 6.07) is 15.3. The molecule has 0 bridgehead atoms. The van der Waals surface area contributed by atoms with Crippen LogP contribution in [0.15, 0.2) is 54.6 Å². The largest absolute Gasteiger partial charge is 0.490 e. The summed E-state index contributed by atoms with van der Waals surface area (Å²) in [5.41, 5.74) is 1.60. The minimum atomic E-state index is -0.828. The average molecular weight is 407 g/mol. The number of nitrogens with zero attached hydrogens (tertiary/aromatic N) is 2. The van der Waals surface area contributed by atoms with Gasteiger partial charge in [-0.1, -0.05) is 36.4 Å². The number of para-hydroxylation sites is 2. The van der Waals surface area contributed by atoms with E-state index in [1.54, 1.807) is 29.2 Å². The fourth-order valence-corrected chi connectivity index (χ4v) is 3.89. The molecular weight excluding hydrogens is 382 g/mol. The van der Waals surface area contributed by atoms with E-state index in [2.05, 4.69) is 5.32 Å². The molecule has 2 aliphatic rings. The molecule has 7 heteroatoms. The van der Waals surface area contributed by atoms with Gasteiger partial charge in [-0.3, -0.25) is 9.59 Å². The van der Waals surface area contributed by atoms with E-state index in [1.807, 2.05) is 37.3 Å². The summed E-state index contributed by atoms with van der Waals surface area (Å²) in [6.45, 7) is 3.17. The molecule has 2 saturated heterocycles. The van der Waals surface area contributed by atoms with Gasteiger partial charge in [-0.15, -0.1) is 0 Å². The Kier molecular flexibility index (Phi) is 5.70. The van der Waals surface area contributed by atoms with Crippen molar-refractivity contribution in [1.82, 2.24) is 10.2 Å². The van der Waals surface area contributed by atoms with Crippen molar-refractivity contribution in [3.63, 3.8) is 0 Å². The zero-order chi connectivity index (χ0) is 21.1. The Balaban J connectivity index is 1.30. The fraction of sp³-hybridized carbons (Fsp3) is 0.348. The molecule has 1 N–H and O–H groups in total. The highest BCUT2D eigenvalue weighted by Crippen LogP contribution is 2.24. The van der Waals surface area contributed by atoms with Crippen LogP contribution in [0.1, 0.15) is 24.8 Å². The normalized spacial score (nSPS) is 19.7. The second-order valence-electron chi connectivity index (χ2n) is 7.68. The Bertz CT molecular complexity index is 938. The van der Waals surface area contributed by atoms with Crippen molar-refractivity contribution in [2.45, 2.75) is 38.3 Å². The van der Waals surface area contributed by atoms with Crippen LogP contribution in [0.5, 0.6) is 5.75 Å². The highest BCUT2D eigenvalue weighted by atomic mass is 16.5. The monoisotopic (exact) mass is 407 g/mol. The number of carbonyl (C=O) groups is 3. The lowest BCUT2D eigenvalue weighted by atomic mass is 10.1. The molecule has 4 rings (SSSR count). The number of amides is 4. The average Bonchev–Trinajstić information content (AvgIpc) is 3.03. The third-order valence-electron chi connectivity index (χ3n) is 5.59. The molecule has 2 heterocycles. The summed E-state index contributed by atoms with van der Waals surface area (Å²) in [5, 5.41) is 2.64. The van der Waals surface area contributed by atoms with E-state index in [4.69, 9.17) is 4.74 Å². The molecule has 1 unspecified atom stereocenters. The topological polar surface area (TPSA) is 79.0 Å². The number of ether oxygens (including phenoxy) is 1. The number of nitrogens with one attached hydrogen (secondary N) is 1. The van der Waals surface area contributed by atoms with E-state index < -0.39 is 18.0 Å². The van der Waals surface area contributed by atoms with E-state index in [0.29, 0.717) is 18.8 Å². The maximum absolute atomic E-state index is 12.7. The van der Waals surface area contributed by atoms with Crippen LogP contribution in [0.3, 0.4) is 0 Å². The van der Waals surface area contributed by atoms with Crippen LogP contribution in [-0.4, -0.2) is 48.0 Å². The van der Waals surface area contributed by atoms with Gasteiger partial charge in [0, 0.05) is 25.9 Å². The first-order chi connectivity index (χ1) is 14.5. The smallest absolute Gasteiger partial charge is 0.329 e. The summed E-state index contributed by atoms with van der Waals surface area (Å²) in [6.07, 6.45) is 1.51. The quantitative estimate of drug-likeness (QED) is 0.773. The van der Waals surface area contributed by atoms with E-state index in [0.717, 1.165) is 29.1 Å². The second-order valence-corrected chi connectivity index (χ2v) is 7.68. The SMILES string of the molecule is Cc1ccccc1OC1CCN(C(=O)CC2NC(=O)N(c3ccccc3)C2=O)CC1. The summed E-state index contributed by atoms with van der Waals surface area (Å²) in [5.74, 6) is 0.359. The van der Waals surface area contributed by atoms with Crippen LogP contribution >= 0.6 is 0 Å². The first-order valence-corrected chi connectivity index (χ1v) is 10.2. The first-order valence-electron chi connectivity index (χ1n) is 10.2. The summed E-state index contributed by atoms with van der Waals surface area (Å²) >= 11 is 0. The maximum atomic E-state index is 12.7. The van der Waals surface area contributed by atoms with Crippen LogP contribution in [0, 0.1) is 6.92 Å². The van der Waals surface area contributed by atoms with Crippen molar-refractivity contribution in [2.75, 3.05) is 18.0 Å². The van der Waals surface area contributed by atoms with Crippen molar-refractivity contribution in [3.05, 3.63) is 60.2 Å². The molecule has 2 aromatic carbocycles. The number of piperidine rings is 1. The molecule has 7 nitrogen and oxygen atoms in total. The van der Waals surface area contributed by atoms with Gasteiger partial charge in [0.15, 0.2) is 0 Å². The Hall–Kier alpha value is -3.35. The molecular formula is C23H25N3O4. The highest BCUT2D eigenvalue weighted by Gasteiger charge is 2.40. The zero-order valence-corrected chi connectivity index (χ0v) is 16.9. The van der Waals surface area contributed by atoms with E-state index in [9.17, 15) is 14.4 Å². The molecule has 1 atom stereocenters. The van der Waals surface area contributed by atoms with Crippen LogP contribution in [-0.2, 0) is 9.59 Å². The lowest BCUT2D eigenvalue weighted by Crippen LogP contribution is -2.44. The van der Waals surface area contributed by atoms with Gasteiger partial charge in [0.05, 0.1) is 12.1 Å². The predicted molar refractivity (Wildman–Crippen MR) is 112 cm³/mol. The first kappa shape index (κ1) is 19.9. The lowest BCUT2D eigenvalue weighted by molar-refractivity contribution is -0.135. The number of carbonyl (C=O) groups excluding carboxylic acids is 3. The number of hydrogen-bond donors (Lipinski definition) is 1. The molecule has 30 heavy (non-hydrogen) atoms.